The molecule has 0 spiro atoms. The average Bonchev–Trinajstić information content (AvgIpc) is 3.46. The summed E-state index contributed by atoms with van der Waals surface area (Å²) in [7, 11) is 1.48. The van der Waals surface area contributed by atoms with Crippen LogP contribution in [-0.4, -0.2) is 74.9 Å². The Kier molecular flexibility index (Phi) is 61.9. The van der Waals surface area contributed by atoms with Crippen molar-refractivity contribution in [1.29, 1.82) is 0 Å². The fourth-order valence-electron chi connectivity index (χ4n) is 10.5. The minimum absolute atomic E-state index is 0.0287. The van der Waals surface area contributed by atoms with Crippen LogP contribution in [0.3, 0.4) is 0 Å². The Morgan fingerprint density at radius 2 is 0.695 bits per heavy atom. The summed E-state index contributed by atoms with van der Waals surface area (Å²) in [6.07, 6.45) is 82.5. The van der Waals surface area contributed by atoms with Gasteiger partial charge in [0.15, 0.2) is 6.10 Å². The second-order valence-corrected chi connectivity index (χ2v) is 26.7. The number of carbonyl (C=O) groups is 2. The molecule has 82 heavy (non-hydrogen) atoms. The van der Waals surface area contributed by atoms with Crippen LogP contribution in [0.4, 0.5) is 0 Å². The Bertz CT molecular complexity index is 1520. The van der Waals surface area contributed by atoms with Gasteiger partial charge in [0.25, 0.3) is 0 Å². The van der Waals surface area contributed by atoms with E-state index in [0.717, 1.165) is 83.5 Å². The van der Waals surface area contributed by atoms with Crippen LogP contribution >= 0.6 is 7.82 Å². The molecule has 0 bridgehead atoms. The number of hydrogen-bond acceptors (Lipinski definition) is 7. The molecule has 482 valence electrons. The zero-order valence-electron chi connectivity index (χ0n) is 55.0. The van der Waals surface area contributed by atoms with Gasteiger partial charge >= 0.3 is 19.8 Å². The largest absolute Gasteiger partial charge is 0.472 e. The highest BCUT2D eigenvalue weighted by Gasteiger charge is 2.27. The van der Waals surface area contributed by atoms with Crippen molar-refractivity contribution >= 4 is 19.8 Å². The van der Waals surface area contributed by atoms with Crippen LogP contribution < -0.4 is 0 Å². The Morgan fingerprint density at radius 3 is 1.04 bits per heavy atom. The highest BCUT2D eigenvalue weighted by atomic mass is 31.2. The zero-order chi connectivity index (χ0) is 59.8. The van der Waals surface area contributed by atoms with Crippen LogP contribution in [0.2, 0.25) is 0 Å². The topological polar surface area (TPSA) is 108 Å². The minimum atomic E-state index is -4.39. The smallest absolute Gasteiger partial charge is 0.462 e. The van der Waals surface area contributed by atoms with Crippen LogP contribution in [0.5, 0.6) is 0 Å². The molecule has 0 aliphatic carbocycles. The van der Waals surface area contributed by atoms with E-state index >= 15 is 0 Å². The molecule has 0 rings (SSSR count). The SMILES string of the molecule is CC/C=C\C/C=C\C/C=C\C/C=C\CCCCCCCCC(=O)OC(COC(=O)CCCCCCCCCCCCCCCCCCCCCCCCCCCCCCCCCCCCCCCCC)COP(=O)(O)OCC[N+](C)(C)C. The van der Waals surface area contributed by atoms with E-state index in [1.807, 2.05) is 21.1 Å². The maximum Gasteiger partial charge on any atom is 0.472 e. The number of allylic oxidation sites excluding steroid dienone is 8. The van der Waals surface area contributed by atoms with Gasteiger partial charge in [-0.15, -0.1) is 0 Å². The molecule has 0 aromatic carbocycles. The Morgan fingerprint density at radius 1 is 0.390 bits per heavy atom. The van der Waals surface area contributed by atoms with E-state index in [1.54, 1.807) is 0 Å². The summed E-state index contributed by atoms with van der Waals surface area (Å²) in [5, 5.41) is 0. The number of phosphoric ester groups is 1. The Labute approximate surface area is 509 Å². The van der Waals surface area contributed by atoms with Crippen LogP contribution in [0, 0.1) is 0 Å². The van der Waals surface area contributed by atoms with E-state index in [1.165, 1.54) is 231 Å². The summed E-state index contributed by atoms with van der Waals surface area (Å²) in [6.45, 7) is 4.35. The van der Waals surface area contributed by atoms with Gasteiger partial charge in [0, 0.05) is 12.8 Å². The number of likely N-dealkylation sites (N-methyl/N-ethyl adjacent to an activating group) is 1. The second-order valence-electron chi connectivity index (χ2n) is 25.3. The normalized spacial score (nSPS) is 13.4. The quantitative estimate of drug-likeness (QED) is 0.0211. The number of carbonyl (C=O) groups excluding carboxylic acids is 2. The van der Waals surface area contributed by atoms with E-state index in [2.05, 4.69) is 62.5 Å². The summed E-state index contributed by atoms with van der Waals surface area (Å²) in [4.78, 5) is 35.8. The third-order valence-corrected chi connectivity index (χ3v) is 16.9. The van der Waals surface area contributed by atoms with Gasteiger partial charge in [0.1, 0.15) is 19.8 Å². The molecule has 0 aliphatic heterocycles. The number of hydrogen-bond donors (Lipinski definition) is 1. The number of nitrogens with zero attached hydrogens (tertiary/aromatic N) is 1. The molecule has 0 amide bonds. The third-order valence-electron chi connectivity index (χ3n) is 15.9. The van der Waals surface area contributed by atoms with Crippen LogP contribution in [0.1, 0.15) is 348 Å². The highest BCUT2D eigenvalue weighted by Crippen LogP contribution is 2.43. The lowest BCUT2D eigenvalue weighted by atomic mass is 10.0. The van der Waals surface area contributed by atoms with E-state index in [0.29, 0.717) is 17.4 Å². The first-order valence-corrected chi connectivity index (χ1v) is 36.9. The van der Waals surface area contributed by atoms with Crippen molar-refractivity contribution in [2.24, 2.45) is 0 Å². The third kappa shape index (κ3) is 67.1. The van der Waals surface area contributed by atoms with E-state index in [9.17, 15) is 19.0 Å². The van der Waals surface area contributed by atoms with E-state index in [-0.39, 0.29) is 32.0 Å². The van der Waals surface area contributed by atoms with Crippen LogP contribution in [0.25, 0.3) is 0 Å². The first-order valence-electron chi connectivity index (χ1n) is 35.4. The number of quaternary nitrogens is 1. The fourth-order valence-corrected chi connectivity index (χ4v) is 11.2. The van der Waals surface area contributed by atoms with Crippen molar-refractivity contribution in [2.45, 2.75) is 354 Å². The standard InChI is InChI=1S/C72H136NO8P/c1-6-8-10-12-14-16-18-20-22-24-26-27-28-29-30-31-32-33-34-35-36-37-38-39-40-41-42-43-44-45-47-48-50-52-54-56-58-60-62-64-71(74)78-68-70(69-80-82(76,77)79-67-66-73(3,4)5)81-72(75)65-63-61-59-57-55-53-51-49-46-25-23-21-19-17-15-13-11-9-7-2/h9,11,15,17,21,23,46,49,70H,6-8,10,12-14,16,18-20,22,24-45,47-48,50-69H2,1-5H3/p+1/b11-9-,17-15-,23-21-,49-46-. The molecule has 0 saturated carbocycles. The van der Waals surface area contributed by atoms with Crippen molar-refractivity contribution < 1.29 is 42.1 Å². The van der Waals surface area contributed by atoms with Gasteiger partial charge in [-0.05, 0) is 51.4 Å². The second kappa shape index (κ2) is 63.5. The summed E-state index contributed by atoms with van der Waals surface area (Å²) in [6, 6.07) is 0. The van der Waals surface area contributed by atoms with Gasteiger partial charge in [-0.25, -0.2) is 4.57 Å². The molecule has 0 saturated heterocycles. The number of rotatable bonds is 66. The first kappa shape index (κ1) is 80.0. The first-order chi connectivity index (χ1) is 40.0. The van der Waals surface area contributed by atoms with E-state index in [4.69, 9.17) is 18.5 Å². The highest BCUT2D eigenvalue weighted by molar-refractivity contribution is 7.47. The molecule has 0 aromatic heterocycles. The molecular formula is C72H137NO8P+. The van der Waals surface area contributed by atoms with Crippen molar-refractivity contribution in [3.8, 4) is 0 Å². The average molecular weight is 1180 g/mol. The summed E-state index contributed by atoms with van der Waals surface area (Å²) < 4.78 is 34.6. The van der Waals surface area contributed by atoms with Crippen LogP contribution in [-0.2, 0) is 32.7 Å². The van der Waals surface area contributed by atoms with Gasteiger partial charge < -0.3 is 18.9 Å². The molecule has 2 atom stereocenters. The summed E-state index contributed by atoms with van der Waals surface area (Å²) in [5.74, 6) is -0.800. The predicted molar refractivity (Wildman–Crippen MR) is 353 cm³/mol. The summed E-state index contributed by atoms with van der Waals surface area (Å²) >= 11 is 0. The lowest BCUT2D eigenvalue weighted by molar-refractivity contribution is -0.870. The molecule has 2 unspecified atom stereocenters. The molecule has 0 aliphatic rings. The Balaban J connectivity index is 3.89. The molecule has 0 heterocycles. The van der Waals surface area contributed by atoms with Crippen molar-refractivity contribution in [2.75, 3.05) is 47.5 Å². The maximum atomic E-state index is 12.8. The zero-order valence-corrected chi connectivity index (χ0v) is 55.9. The lowest BCUT2D eigenvalue weighted by Crippen LogP contribution is -2.37. The molecular weight excluding hydrogens is 1040 g/mol. The predicted octanol–water partition coefficient (Wildman–Crippen LogP) is 22.8. The maximum absolute atomic E-state index is 12.8. The lowest BCUT2D eigenvalue weighted by Gasteiger charge is -2.24. The molecule has 9 nitrogen and oxygen atoms in total. The van der Waals surface area contributed by atoms with Crippen molar-refractivity contribution in [1.82, 2.24) is 0 Å². The molecule has 0 aromatic rings. The minimum Gasteiger partial charge on any atom is -0.462 e. The van der Waals surface area contributed by atoms with Crippen molar-refractivity contribution in [3.05, 3.63) is 48.6 Å². The molecule has 0 fully saturated rings. The number of esters is 2. The van der Waals surface area contributed by atoms with Gasteiger partial charge in [-0.3, -0.25) is 18.6 Å². The van der Waals surface area contributed by atoms with Gasteiger partial charge in [0.05, 0.1) is 27.7 Å². The number of unbranched alkanes of at least 4 members (excludes halogenated alkanes) is 44. The van der Waals surface area contributed by atoms with Crippen LogP contribution in [0.15, 0.2) is 48.6 Å². The Hall–Kier alpha value is -2.03. The van der Waals surface area contributed by atoms with Gasteiger partial charge in [-0.2, -0.15) is 0 Å². The molecule has 1 N–H and O–H groups in total. The molecule has 0 radical (unpaired) electrons. The van der Waals surface area contributed by atoms with Gasteiger partial charge in [0.2, 0.25) is 0 Å². The monoisotopic (exact) mass is 1180 g/mol. The summed E-state index contributed by atoms with van der Waals surface area (Å²) in [5.41, 5.74) is 0. The fraction of sp³-hybridized carbons (Fsp3) is 0.861. The van der Waals surface area contributed by atoms with Crippen molar-refractivity contribution in [3.63, 3.8) is 0 Å². The van der Waals surface area contributed by atoms with Gasteiger partial charge in [-0.1, -0.05) is 332 Å². The number of phosphoric acid groups is 1. The van der Waals surface area contributed by atoms with E-state index < -0.39 is 26.5 Å². The molecule has 10 heteroatoms. The number of ether oxygens (including phenoxy) is 2.